The van der Waals surface area contributed by atoms with Gasteiger partial charge in [0.05, 0.1) is 4.90 Å². The van der Waals surface area contributed by atoms with Gasteiger partial charge in [0.1, 0.15) is 0 Å². The van der Waals surface area contributed by atoms with E-state index in [1.165, 1.54) is 12.1 Å². The number of nitrogens with two attached hydrogens (primary N) is 1. The van der Waals surface area contributed by atoms with E-state index in [-0.39, 0.29) is 4.90 Å². The molecule has 0 saturated heterocycles. The number of hydrogen-bond acceptors (Lipinski definition) is 5. The minimum atomic E-state index is -3.17. The zero-order valence-electron chi connectivity index (χ0n) is 8.54. The van der Waals surface area contributed by atoms with E-state index in [0.29, 0.717) is 11.6 Å². The normalized spacial score (nSPS) is 11.6. The molecule has 0 atom stereocenters. The average molecular weight is 238 g/mol. The Kier molecular flexibility index (Phi) is 2.43. The van der Waals surface area contributed by atoms with Crippen molar-refractivity contribution in [2.45, 2.75) is 4.90 Å². The number of rotatable bonds is 2. The van der Waals surface area contributed by atoms with Crippen molar-refractivity contribution in [2.24, 2.45) is 0 Å². The van der Waals surface area contributed by atoms with E-state index < -0.39 is 9.84 Å². The van der Waals surface area contributed by atoms with Crippen LogP contribution in [-0.4, -0.2) is 19.8 Å². The monoisotopic (exact) mass is 238 g/mol. The highest BCUT2D eigenvalue weighted by molar-refractivity contribution is 7.90. The van der Waals surface area contributed by atoms with Gasteiger partial charge in [0.15, 0.2) is 21.4 Å². The Hall–Kier alpha value is -1.82. The molecule has 5 nitrogen and oxygen atoms in total. The maximum Gasteiger partial charge on any atom is 0.175 e. The Morgan fingerprint density at radius 2 is 1.88 bits per heavy atom. The standard InChI is InChI=1S/C10H10N2O3S/c1-16(13,14)8-4-2-7(3-5-8)9-6-10(11)12-15-9/h2-6H,1H3,(H2,11,12). The van der Waals surface area contributed by atoms with Gasteiger partial charge < -0.3 is 10.3 Å². The zero-order chi connectivity index (χ0) is 11.8. The maximum absolute atomic E-state index is 11.2. The molecule has 0 unspecified atom stereocenters. The molecule has 16 heavy (non-hydrogen) atoms. The fourth-order valence-corrected chi connectivity index (χ4v) is 1.92. The Morgan fingerprint density at radius 1 is 1.25 bits per heavy atom. The van der Waals surface area contributed by atoms with Gasteiger partial charge in [-0.2, -0.15) is 0 Å². The summed E-state index contributed by atoms with van der Waals surface area (Å²) in [5, 5.41) is 3.55. The molecular weight excluding hydrogens is 228 g/mol. The van der Waals surface area contributed by atoms with Gasteiger partial charge in [-0.25, -0.2) is 8.42 Å². The summed E-state index contributed by atoms with van der Waals surface area (Å²) in [5.74, 6) is 0.805. The van der Waals surface area contributed by atoms with Crippen molar-refractivity contribution in [2.75, 3.05) is 12.0 Å². The third-order valence-electron chi connectivity index (χ3n) is 2.10. The van der Waals surface area contributed by atoms with Crippen LogP contribution in [0.2, 0.25) is 0 Å². The number of hydrogen-bond donors (Lipinski definition) is 1. The Balaban J connectivity index is 2.40. The third kappa shape index (κ3) is 2.06. The van der Waals surface area contributed by atoms with Gasteiger partial charge >= 0.3 is 0 Å². The molecule has 1 heterocycles. The van der Waals surface area contributed by atoms with Gasteiger partial charge in [-0.15, -0.1) is 0 Å². The lowest BCUT2D eigenvalue weighted by atomic mass is 10.2. The van der Waals surface area contributed by atoms with Crippen molar-refractivity contribution in [1.82, 2.24) is 5.16 Å². The van der Waals surface area contributed by atoms with Gasteiger partial charge in [-0.05, 0) is 24.3 Å². The molecule has 0 spiro atoms. The van der Waals surface area contributed by atoms with Crippen molar-refractivity contribution in [3.63, 3.8) is 0 Å². The number of anilines is 1. The van der Waals surface area contributed by atoms with Crippen LogP contribution in [0.1, 0.15) is 0 Å². The van der Waals surface area contributed by atoms with Crippen molar-refractivity contribution in [3.05, 3.63) is 30.3 Å². The number of nitrogen functional groups attached to an aromatic ring is 1. The molecule has 0 radical (unpaired) electrons. The molecule has 0 aliphatic carbocycles. The molecule has 0 saturated carbocycles. The topological polar surface area (TPSA) is 86.2 Å². The highest BCUT2D eigenvalue weighted by atomic mass is 32.2. The van der Waals surface area contributed by atoms with E-state index >= 15 is 0 Å². The Bertz CT molecular complexity index is 599. The highest BCUT2D eigenvalue weighted by Crippen LogP contribution is 2.22. The van der Waals surface area contributed by atoms with E-state index in [0.717, 1.165) is 11.8 Å². The van der Waals surface area contributed by atoms with Crippen LogP contribution in [0.25, 0.3) is 11.3 Å². The predicted octanol–water partition coefficient (Wildman–Crippen LogP) is 1.33. The summed E-state index contributed by atoms with van der Waals surface area (Å²) in [7, 11) is -3.17. The van der Waals surface area contributed by atoms with Crippen molar-refractivity contribution in [3.8, 4) is 11.3 Å². The quantitative estimate of drug-likeness (QED) is 0.852. The first kappa shape index (κ1) is 10.7. The summed E-state index contributed by atoms with van der Waals surface area (Å²) in [6.07, 6.45) is 1.16. The fourth-order valence-electron chi connectivity index (χ4n) is 1.29. The van der Waals surface area contributed by atoms with Crippen LogP contribution in [0, 0.1) is 0 Å². The van der Waals surface area contributed by atoms with E-state index in [1.807, 2.05) is 0 Å². The van der Waals surface area contributed by atoms with E-state index in [4.69, 9.17) is 10.3 Å². The molecule has 0 aliphatic heterocycles. The summed E-state index contributed by atoms with van der Waals surface area (Å²) in [6.45, 7) is 0. The fraction of sp³-hybridized carbons (Fsp3) is 0.100. The molecule has 0 bridgehead atoms. The molecule has 1 aromatic carbocycles. The van der Waals surface area contributed by atoms with Gasteiger partial charge in [0.2, 0.25) is 0 Å². The molecule has 2 N–H and O–H groups in total. The molecule has 84 valence electrons. The first-order valence-electron chi connectivity index (χ1n) is 4.49. The summed E-state index contributed by atoms with van der Waals surface area (Å²) in [4.78, 5) is 0.267. The molecular formula is C10H10N2O3S. The molecule has 0 amide bonds. The van der Waals surface area contributed by atoms with Crippen LogP contribution in [0.4, 0.5) is 5.82 Å². The van der Waals surface area contributed by atoms with Crippen LogP contribution in [0.3, 0.4) is 0 Å². The van der Waals surface area contributed by atoms with Crippen LogP contribution in [0.5, 0.6) is 0 Å². The van der Waals surface area contributed by atoms with Gasteiger partial charge in [0.25, 0.3) is 0 Å². The summed E-state index contributed by atoms with van der Waals surface area (Å²) >= 11 is 0. The lowest BCUT2D eigenvalue weighted by molar-refractivity contribution is 0.436. The average Bonchev–Trinajstić information content (AvgIpc) is 2.64. The third-order valence-corrected chi connectivity index (χ3v) is 3.22. The lowest BCUT2D eigenvalue weighted by Crippen LogP contribution is -1.95. The molecule has 2 rings (SSSR count). The number of benzene rings is 1. The zero-order valence-corrected chi connectivity index (χ0v) is 9.36. The number of nitrogens with zero attached hydrogens (tertiary/aromatic N) is 1. The van der Waals surface area contributed by atoms with Gasteiger partial charge in [-0.1, -0.05) is 5.16 Å². The highest BCUT2D eigenvalue weighted by Gasteiger charge is 2.08. The largest absolute Gasteiger partial charge is 0.381 e. The van der Waals surface area contributed by atoms with Gasteiger partial charge in [-0.3, -0.25) is 0 Å². The predicted molar refractivity (Wildman–Crippen MR) is 59.5 cm³/mol. The van der Waals surface area contributed by atoms with E-state index in [2.05, 4.69) is 5.16 Å². The summed E-state index contributed by atoms with van der Waals surface area (Å²) in [6, 6.07) is 7.91. The van der Waals surface area contributed by atoms with Crippen LogP contribution < -0.4 is 5.73 Å². The van der Waals surface area contributed by atoms with Crippen molar-refractivity contribution >= 4 is 15.7 Å². The number of sulfone groups is 1. The molecule has 0 fully saturated rings. The summed E-state index contributed by atoms with van der Waals surface area (Å²) < 4.78 is 27.4. The molecule has 6 heteroatoms. The van der Waals surface area contributed by atoms with Crippen molar-refractivity contribution < 1.29 is 12.9 Å². The second-order valence-electron chi connectivity index (χ2n) is 3.41. The number of aromatic nitrogens is 1. The first-order valence-corrected chi connectivity index (χ1v) is 6.38. The maximum atomic E-state index is 11.2. The molecule has 0 aliphatic rings. The SMILES string of the molecule is CS(=O)(=O)c1ccc(-c2cc(N)no2)cc1. The van der Waals surface area contributed by atoms with E-state index in [9.17, 15) is 8.42 Å². The summed E-state index contributed by atoms with van der Waals surface area (Å²) in [5.41, 5.74) is 6.15. The second-order valence-corrected chi connectivity index (χ2v) is 5.43. The second kappa shape index (κ2) is 3.64. The van der Waals surface area contributed by atoms with Gasteiger partial charge in [0, 0.05) is 17.9 Å². The minimum Gasteiger partial charge on any atom is -0.381 e. The molecule has 2 aromatic rings. The van der Waals surface area contributed by atoms with E-state index in [1.54, 1.807) is 18.2 Å². The van der Waals surface area contributed by atoms with Crippen LogP contribution in [0.15, 0.2) is 39.8 Å². The lowest BCUT2D eigenvalue weighted by Gasteiger charge is -1.99. The first-order chi connectivity index (χ1) is 7.47. The smallest absolute Gasteiger partial charge is 0.175 e. The Morgan fingerprint density at radius 3 is 2.31 bits per heavy atom. The van der Waals surface area contributed by atoms with Crippen molar-refractivity contribution in [1.29, 1.82) is 0 Å². The Labute approximate surface area is 92.8 Å². The minimum absolute atomic E-state index is 0.267. The molecule has 1 aromatic heterocycles. The van der Waals surface area contributed by atoms with Crippen LogP contribution >= 0.6 is 0 Å². The van der Waals surface area contributed by atoms with Crippen LogP contribution in [-0.2, 0) is 9.84 Å².